The second-order valence-electron chi connectivity index (χ2n) is 6.26. The topological polar surface area (TPSA) is 29.9 Å². The summed E-state index contributed by atoms with van der Waals surface area (Å²) in [6.07, 6.45) is 5.83. The molecule has 0 bridgehead atoms. The Balaban J connectivity index is 1.89. The first kappa shape index (κ1) is 11.6. The van der Waals surface area contributed by atoms with Crippen molar-refractivity contribution in [2.75, 3.05) is 6.54 Å². The summed E-state index contributed by atoms with van der Waals surface area (Å²) in [6.45, 7) is 7.80. The molecule has 1 saturated carbocycles. The van der Waals surface area contributed by atoms with Gasteiger partial charge in [-0.3, -0.25) is 4.68 Å². The lowest BCUT2D eigenvalue weighted by Gasteiger charge is -2.24. The number of rotatable bonds is 4. The molecule has 1 aliphatic carbocycles. The first-order valence-electron chi connectivity index (χ1n) is 6.12. The summed E-state index contributed by atoms with van der Waals surface area (Å²) in [7, 11) is 1.98. The van der Waals surface area contributed by atoms with E-state index in [-0.39, 0.29) is 5.54 Å². The van der Waals surface area contributed by atoms with Gasteiger partial charge in [0.05, 0.1) is 5.69 Å². The summed E-state index contributed by atoms with van der Waals surface area (Å²) < 4.78 is 1.89. The van der Waals surface area contributed by atoms with Crippen LogP contribution in [0.5, 0.6) is 0 Å². The van der Waals surface area contributed by atoms with Crippen molar-refractivity contribution in [1.82, 2.24) is 15.1 Å². The van der Waals surface area contributed by atoms with Gasteiger partial charge in [0.1, 0.15) is 0 Å². The van der Waals surface area contributed by atoms with E-state index in [0.717, 1.165) is 13.0 Å². The fourth-order valence-electron chi connectivity index (χ4n) is 1.99. The van der Waals surface area contributed by atoms with E-state index in [1.54, 1.807) is 0 Å². The Hall–Kier alpha value is -0.830. The molecule has 90 valence electrons. The van der Waals surface area contributed by atoms with Gasteiger partial charge < -0.3 is 5.32 Å². The Labute approximate surface area is 98.2 Å². The van der Waals surface area contributed by atoms with E-state index in [9.17, 15) is 0 Å². The summed E-state index contributed by atoms with van der Waals surface area (Å²) in [5, 5.41) is 8.09. The molecule has 1 aromatic rings. The monoisotopic (exact) mass is 221 g/mol. The maximum absolute atomic E-state index is 4.47. The number of aromatic nitrogens is 2. The molecule has 0 aliphatic heterocycles. The molecule has 0 atom stereocenters. The molecule has 1 N–H and O–H groups in total. The molecular weight excluding hydrogens is 198 g/mol. The molecule has 1 aliphatic rings. The quantitative estimate of drug-likeness (QED) is 0.844. The molecule has 1 heterocycles. The lowest BCUT2D eigenvalue weighted by molar-refractivity contribution is 0.354. The van der Waals surface area contributed by atoms with E-state index < -0.39 is 0 Å². The van der Waals surface area contributed by atoms with Crippen molar-refractivity contribution in [2.24, 2.45) is 12.5 Å². The molecule has 3 nitrogen and oxygen atoms in total. The molecule has 0 aromatic carbocycles. The predicted molar refractivity (Wildman–Crippen MR) is 66.3 cm³/mol. The lowest BCUT2D eigenvalue weighted by Crippen LogP contribution is -2.40. The molecule has 3 heteroatoms. The van der Waals surface area contributed by atoms with Gasteiger partial charge >= 0.3 is 0 Å². The summed E-state index contributed by atoms with van der Waals surface area (Å²) in [4.78, 5) is 0. The van der Waals surface area contributed by atoms with Crippen molar-refractivity contribution >= 4 is 0 Å². The average molecular weight is 221 g/mol. The Morgan fingerprint density at radius 3 is 2.56 bits per heavy atom. The minimum Gasteiger partial charge on any atom is -0.312 e. The molecule has 2 rings (SSSR count). The van der Waals surface area contributed by atoms with Crippen molar-refractivity contribution in [3.8, 4) is 0 Å². The van der Waals surface area contributed by atoms with Crippen LogP contribution >= 0.6 is 0 Å². The molecule has 0 unspecified atom stereocenters. The minimum atomic E-state index is 0.222. The summed E-state index contributed by atoms with van der Waals surface area (Å²) in [5.74, 6) is 0. The molecule has 0 spiro atoms. The van der Waals surface area contributed by atoms with Gasteiger partial charge in [-0.2, -0.15) is 5.10 Å². The van der Waals surface area contributed by atoms with Crippen LogP contribution in [0.15, 0.2) is 12.3 Å². The fraction of sp³-hybridized carbons (Fsp3) is 0.769. The SMILES string of the molecule is Cn1ccc(CC2(CNC(C)(C)C)CC2)n1. The van der Waals surface area contributed by atoms with Crippen LogP contribution in [0.25, 0.3) is 0 Å². The van der Waals surface area contributed by atoms with Crippen LogP contribution in [0.2, 0.25) is 0 Å². The molecule has 0 radical (unpaired) electrons. The van der Waals surface area contributed by atoms with Gasteiger partial charge in [-0.15, -0.1) is 0 Å². The van der Waals surface area contributed by atoms with Gasteiger partial charge in [0.15, 0.2) is 0 Å². The molecule has 0 amide bonds. The second kappa shape index (κ2) is 3.88. The smallest absolute Gasteiger partial charge is 0.0630 e. The number of hydrogen-bond acceptors (Lipinski definition) is 2. The van der Waals surface area contributed by atoms with Crippen LogP contribution in [-0.2, 0) is 13.5 Å². The summed E-state index contributed by atoms with van der Waals surface area (Å²) >= 11 is 0. The van der Waals surface area contributed by atoms with E-state index >= 15 is 0 Å². The highest BCUT2D eigenvalue weighted by Crippen LogP contribution is 2.47. The molecule has 1 aromatic heterocycles. The zero-order valence-corrected chi connectivity index (χ0v) is 10.9. The van der Waals surface area contributed by atoms with Crippen LogP contribution < -0.4 is 5.32 Å². The largest absolute Gasteiger partial charge is 0.312 e. The minimum absolute atomic E-state index is 0.222. The predicted octanol–water partition coefficient (Wildman–Crippen LogP) is 2.13. The highest BCUT2D eigenvalue weighted by atomic mass is 15.2. The zero-order chi connectivity index (χ0) is 11.8. The van der Waals surface area contributed by atoms with Crippen LogP contribution in [0.3, 0.4) is 0 Å². The number of nitrogens with zero attached hydrogens (tertiary/aromatic N) is 2. The molecule has 1 fully saturated rings. The highest BCUT2D eigenvalue weighted by molar-refractivity contribution is 5.09. The van der Waals surface area contributed by atoms with E-state index in [0.29, 0.717) is 5.41 Å². The first-order valence-corrected chi connectivity index (χ1v) is 6.12. The van der Waals surface area contributed by atoms with Crippen LogP contribution in [0.4, 0.5) is 0 Å². The first-order chi connectivity index (χ1) is 7.39. The van der Waals surface area contributed by atoms with Gasteiger partial charge in [-0.05, 0) is 51.5 Å². The van der Waals surface area contributed by atoms with E-state index in [1.165, 1.54) is 18.5 Å². The van der Waals surface area contributed by atoms with E-state index in [2.05, 4.69) is 37.3 Å². The lowest BCUT2D eigenvalue weighted by atomic mass is 9.98. The third-order valence-corrected chi connectivity index (χ3v) is 3.28. The van der Waals surface area contributed by atoms with Gasteiger partial charge in [0.25, 0.3) is 0 Å². The number of hydrogen-bond donors (Lipinski definition) is 1. The summed E-state index contributed by atoms with van der Waals surface area (Å²) in [6, 6.07) is 2.14. The Kier molecular flexibility index (Phi) is 2.82. The third-order valence-electron chi connectivity index (χ3n) is 3.28. The van der Waals surface area contributed by atoms with Crippen molar-refractivity contribution in [3.05, 3.63) is 18.0 Å². The zero-order valence-electron chi connectivity index (χ0n) is 10.9. The standard InChI is InChI=1S/C13H23N3/c1-12(2,3)14-10-13(6-7-13)9-11-5-8-16(4)15-11/h5,8,14H,6-7,9-10H2,1-4H3. The maximum Gasteiger partial charge on any atom is 0.0630 e. The molecule has 0 saturated heterocycles. The number of nitrogens with one attached hydrogen (secondary N) is 1. The summed E-state index contributed by atoms with van der Waals surface area (Å²) in [5.41, 5.74) is 1.94. The van der Waals surface area contributed by atoms with Gasteiger partial charge in [0.2, 0.25) is 0 Å². The average Bonchev–Trinajstić information content (AvgIpc) is 2.80. The van der Waals surface area contributed by atoms with Crippen LogP contribution in [0, 0.1) is 5.41 Å². The van der Waals surface area contributed by atoms with Crippen molar-refractivity contribution in [2.45, 2.75) is 45.6 Å². The fourth-order valence-corrected chi connectivity index (χ4v) is 1.99. The van der Waals surface area contributed by atoms with Gasteiger partial charge in [0, 0.05) is 25.3 Å². The van der Waals surface area contributed by atoms with E-state index in [4.69, 9.17) is 0 Å². The van der Waals surface area contributed by atoms with Crippen molar-refractivity contribution in [1.29, 1.82) is 0 Å². The van der Waals surface area contributed by atoms with Crippen molar-refractivity contribution in [3.63, 3.8) is 0 Å². The second-order valence-corrected chi connectivity index (χ2v) is 6.26. The highest BCUT2D eigenvalue weighted by Gasteiger charge is 2.43. The van der Waals surface area contributed by atoms with Crippen LogP contribution in [0.1, 0.15) is 39.3 Å². The third kappa shape index (κ3) is 3.08. The van der Waals surface area contributed by atoms with Gasteiger partial charge in [-0.1, -0.05) is 0 Å². The molecular formula is C13H23N3. The van der Waals surface area contributed by atoms with Crippen molar-refractivity contribution < 1.29 is 0 Å². The number of aryl methyl sites for hydroxylation is 1. The van der Waals surface area contributed by atoms with E-state index in [1.807, 2.05) is 17.9 Å². The normalized spacial score (nSPS) is 18.8. The molecule has 16 heavy (non-hydrogen) atoms. The Morgan fingerprint density at radius 1 is 1.44 bits per heavy atom. The maximum atomic E-state index is 4.47. The van der Waals surface area contributed by atoms with Gasteiger partial charge in [-0.25, -0.2) is 0 Å². The van der Waals surface area contributed by atoms with Crippen LogP contribution in [-0.4, -0.2) is 21.9 Å². The Bertz CT molecular complexity index is 355. The Morgan fingerprint density at radius 2 is 2.12 bits per heavy atom.